The molecule has 1 aliphatic rings. The van der Waals surface area contributed by atoms with Gasteiger partial charge in [-0.1, -0.05) is 12.1 Å². The van der Waals surface area contributed by atoms with E-state index in [1.54, 1.807) is 42.5 Å². The van der Waals surface area contributed by atoms with E-state index in [4.69, 9.17) is 4.74 Å². The Labute approximate surface area is 144 Å². The molecule has 2 aromatic carbocycles. The summed E-state index contributed by atoms with van der Waals surface area (Å²) in [6.07, 6.45) is 5.42. The van der Waals surface area contributed by atoms with Crippen molar-refractivity contribution < 1.29 is 24.9 Å². The van der Waals surface area contributed by atoms with Crippen LogP contribution in [0.5, 0.6) is 17.2 Å². The Morgan fingerprint density at radius 2 is 1.76 bits per heavy atom. The lowest BCUT2D eigenvalue weighted by Crippen LogP contribution is -1.97. The van der Waals surface area contributed by atoms with Crippen molar-refractivity contribution in [3.8, 4) is 17.2 Å². The van der Waals surface area contributed by atoms with Crippen molar-refractivity contribution in [2.75, 3.05) is 0 Å². The Morgan fingerprint density at radius 1 is 1.00 bits per heavy atom. The van der Waals surface area contributed by atoms with Gasteiger partial charge in [-0.25, -0.2) is 4.79 Å². The summed E-state index contributed by atoms with van der Waals surface area (Å²) in [6, 6.07) is 9.21. The molecule has 1 heterocycles. The second kappa shape index (κ2) is 6.57. The Morgan fingerprint density at radius 3 is 2.48 bits per heavy atom. The molecule has 0 spiro atoms. The molecule has 5 heteroatoms. The Bertz CT molecular complexity index is 922. The van der Waals surface area contributed by atoms with Gasteiger partial charge < -0.3 is 20.1 Å². The fraction of sp³-hybridized carbons (Fsp3) is 0.0500. The molecule has 0 saturated carbocycles. The Balaban J connectivity index is 1.94. The molecule has 0 aliphatic carbocycles. The predicted molar refractivity (Wildman–Crippen MR) is 93.8 cm³/mol. The van der Waals surface area contributed by atoms with Gasteiger partial charge in [-0.05, 0) is 60.0 Å². The fourth-order valence-electron chi connectivity index (χ4n) is 2.50. The number of phenolic OH excluding ortho intramolecular Hbond substituents is 3. The van der Waals surface area contributed by atoms with Gasteiger partial charge in [-0.2, -0.15) is 0 Å². The molecule has 0 aromatic heterocycles. The molecule has 3 rings (SSSR count). The summed E-state index contributed by atoms with van der Waals surface area (Å²) in [5.74, 6) is -0.591. The van der Waals surface area contributed by atoms with E-state index >= 15 is 0 Å². The topological polar surface area (TPSA) is 87.0 Å². The SMILES string of the molecule is C=CCc1cc(/C=C2\C=C(c3ccc(O)c(O)c3)OC2=O)ccc1O. The summed E-state index contributed by atoms with van der Waals surface area (Å²) in [4.78, 5) is 12.1. The third kappa shape index (κ3) is 3.40. The molecule has 3 N–H and O–H groups in total. The smallest absolute Gasteiger partial charge is 0.343 e. The molecule has 126 valence electrons. The highest BCUT2D eigenvalue weighted by molar-refractivity contribution is 6.05. The lowest BCUT2D eigenvalue weighted by molar-refractivity contribution is -0.130. The first-order valence-corrected chi connectivity index (χ1v) is 7.58. The molecule has 0 atom stereocenters. The first-order valence-electron chi connectivity index (χ1n) is 7.58. The standard InChI is InChI=1S/C20H16O5/c1-2-3-13-8-12(4-6-16(13)21)9-15-11-19(25-20(15)24)14-5-7-17(22)18(23)10-14/h2,4-11,21-23H,1,3H2/b15-9+. The van der Waals surface area contributed by atoms with Crippen LogP contribution in [0.15, 0.2) is 60.7 Å². The van der Waals surface area contributed by atoms with E-state index in [0.717, 1.165) is 5.56 Å². The minimum Gasteiger partial charge on any atom is -0.508 e. The number of rotatable bonds is 4. The number of phenols is 3. The predicted octanol–water partition coefficient (Wildman–Crippen LogP) is 3.51. The van der Waals surface area contributed by atoms with Crippen molar-refractivity contribution in [1.29, 1.82) is 0 Å². The first-order chi connectivity index (χ1) is 12.0. The Kier molecular flexibility index (Phi) is 4.31. The molecule has 0 amide bonds. The van der Waals surface area contributed by atoms with Gasteiger partial charge >= 0.3 is 5.97 Å². The number of cyclic esters (lactones) is 1. The molecule has 0 unspecified atom stereocenters. The maximum atomic E-state index is 12.1. The second-order valence-electron chi connectivity index (χ2n) is 5.58. The van der Waals surface area contributed by atoms with E-state index in [2.05, 4.69) is 6.58 Å². The van der Waals surface area contributed by atoms with Crippen molar-refractivity contribution in [1.82, 2.24) is 0 Å². The van der Waals surface area contributed by atoms with Crippen LogP contribution in [0, 0.1) is 0 Å². The minimum atomic E-state index is -0.513. The van der Waals surface area contributed by atoms with Crippen molar-refractivity contribution in [2.45, 2.75) is 6.42 Å². The van der Waals surface area contributed by atoms with Gasteiger partial charge in [0.1, 0.15) is 11.5 Å². The number of benzene rings is 2. The maximum absolute atomic E-state index is 12.1. The summed E-state index contributed by atoms with van der Waals surface area (Å²) in [5.41, 5.74) is 2.28. The Hall–Kier alpha value is -3.47. The van der Waals surface area contributed by atoms with E-state index in [1.807, 2.05) is 0 Å². The highest BCUT2D eigenvalue weighted by atomic mass is 16.5. The van der Waals surface area contributed by atoms with Crippen LogP contribution in [0.4, 0.5) is 0 Å². The van der Waals surface area contributed by atoms with E-state index < -0.39 is 5.97 Å². The van der Waals surface area contributed by atoms with Crippen molar-refractivity contribution in [3.63, 3.8) is 0 Å². The third-order valence-electron chi connectivity index (χ3n) is 3.77. The quantitative estimate of drug-likeness (QED) is 0.344. The van der Waals surface area contributed by atoms with E-state index in [1.165, 1.54) is 12.1 Å². The molecular formula is C20H16O5. The van der Waals surface area contributed by atoms with Crippen LogP contribution in [0.25, 0.3) is 11.8 Å². The van der Waals surface area contributed by atoms with Crippen LogP contribution in [-0.2, 0) is 16.0 Å². The van der Waals surface area contributed by atoms with Gasteiger partial charge in [0.2, 0.25) is 0 Å². The number of hydrogen-bond donors (Lipinski definition) is 3. The van der Waals surface area contributed by atoms with Crippen molar-refractivity contribution in [3.05, 3.63) is 77.4 Å². The molecular weight excluding hydrogens is 320 g/mol. The molecule has 25 heavy (non-hydrogen) atoms. The first kappa shape index (κ1) is 16.4. The van der Waals surface area contributed by atoms with Crippen LogP contribution in [-0.4, -0.2) is 21.3 Å². The van der Waals surface area contributed by atoms with E-state index in [0.29, 0.717) is 23.1 Å². The zero-order chi connectivity index (χ0) is 18.0. The second-order valence-corrected chi connectivity index (χ2v) is 5.58. The summed E-state index contributed by atoms with van der Waals surface area (Å²) < 4.78 is 5.22. The third-order valence-corrected chi connectivity index (χ3v) is 3.77. The number of ether oxygens (including phenoxy) is 1. The summed E-state index contributed by atoms with van der Waals surface area (Å²) in [6.45, 7) is 3.65. The lowest BCUT2D eigenvalue weighted by Gasteiger charge is -2.03. The zero-order valence-corrected chi connectivity index (χ0v) is 13.3. The molecule has 5 nitrogen and oxygen atoms in total. The summed E-state index contributed by atoms with van der Waals surface area (Å²) in [5, 5.41) is 28.7. The van der Waals surface area contributed by atoms with Crippen LogP contribution in [0.3, 0.4) is 0 Å². The van der Waals surface area contributed by atoms with E-state index in [-0.39, 0.29) is 23.0 Å². The molecule has 0 saturated heterocycles. The van der Waals surface area contributed by atoms with Crippen LogP contribution in [0.2, 0.25) is 0 Å². The molecule has 1 aliphatic heterocycles. The molecule has 2 aromatic rings. The van der Waals surface area contributed by atoms with Gasteiger partial charge in [0.25, 0.3) is 0 Å². The lowest BCUT2D eigenvalue weighted by atomic mass is 10.0. The highest BCUT2D eigenvalue weighted by Gasteiger charge is 2.22. The average molecular weight is 336 g/mol. The van der Waals surface area contributed by atoms with Crippen molar-refractivity contribution >= 4 is 17.8 Å². The van der Waals surface area contributed by atoms with Crippen LogP contribution >= 0.6 is 0 Å². The minimum absolute atomic E-state index is 0.173. The van der Waals surface area contributed by atoms with E-state index in [9.17, 15) is 20.1 Å². The number of hydrogen-bond acceptors (Lipinski definition) is 5. The molecule has 0 fully saturated rings. The maximum Gasteiger partial charge on any atom is 0.343 e. The number of esters is 1. The zero-order valence-electron chi connectivity index (χ0n) is 13.3. The van der Waals surface area contributed by atoms with Gasteiger partial charge in [0, 0.05) is 5.56 Å². The summed E-state index contributed by atoms with van der Waals surface area (Å²) >= 11 is 0. The number of carbonyl (C=O) groups is 1. The summed E-state index contributed by atoms with van der Waals surface area (Å²) in [7, 11) is 0. The normalized spacial score (nSPS) is 15.1. The number of allylic oxidation sites excluding steroid dienone is 1. The molecule has 0 bridgehead atoms. The monoisotopic (exact) mass is 336 g/mol. The highest BCUT2D eigenvalue weighted by Crippen LogP contribution is 2.33. The molecule has 0 radical (unpaired) electrons. The largest absolute Gasteiger partial charge is 0.508 e. The van der Waals surface area contributed by atoms with Crippen molar-refractivity contribution in [2.24, 2.45) is 0 Å². The van der Waals surface area contributed by atoms with Gasteiger partial charge in [-0.3, -0.25) is 0 Å². The average Bonchev–Trinajstić information content (AvgIpc) is 2.94. The van der Waals surface area contributed by atoms with Gasteiger partial charge in [0.15, 0.2) is 11.5 Å². The van der Waals surface area contributed by atoms with Crippen LogP contribution in [0.1, 0.15) is 16.7 Å². The van der Waals surface area contributed by atoms with Crippen LogP contribution < -0.4 is 0 Å². The fourth-order valence-corrected chi connectivity index (χ4v) is 2.50. The number of aromatic hydroxyl groups is 3. The van der Waals surface area contributed by atoms with Gasteiger partial charge in [-0.15, -0.1) is 6.58 Å². The van der Waals surface area contributed by atoms with Gasteiger partial charge in [0.05, 0.1) is 5.57 Å². The number of carbonyl (C=O) groups excluding carboxylic acids is 1.